The first-order chi connectivity index (χ1) is 7.68. The van der Waals surface area contributed by atoms with Crippen molar-refractivity contribution in [1.82, 2.24) is 5.32 Å². The second kappa shape index (κ2) is 4.35. The van der Waals surface area contributed by atoms with E-state index < -0.39 is 6.03 Å². The van der Waals surface area contributed by atoms with Gasteiger partial charge in [0, 0.05) is 0 Å². The number of aryl methyl sites for hydroxylation is 1. The largest absolute Gasteiger partial charge is 0.351 e. The third-order valence-electron chi connectivity index (χ3n) is 2.93. The Bertz CT molecular complexity index is 429. The number of primary amides is 1. The van der Waals surface area contributed by atoms with Crippen molar-refractivity contribution in [2.24, 2.45) is 5.73 Å². The molecule has 3 N–H and O–H groups in total. The van der Waals surface area contributed by atoms with Gasteiger partial charge in [-0.05, 0) is 30.4 Å². The smallest absolute Gasteiger partial charge is 0.318 e. The number of rotatable bonds is 1. The van der Waals surface area contributed by atoms with Gasteiger partial charge in [-0.3, -0.25) is 10.1 Å². The summed E-state index contributed by atoms with van der Waals surface area (Å²) in [5.74, 6) is -0.530. The fourth-order valence-corrected chi connectivity index (χ4v) is 2.23. The number of imide groups is 1. The van der Waals surface area contributed by atoms with Crippen LogP contribution >= 0.6 is 0 Å². The molecular formula is C12H14N2O2. The number of benzene rings is 1. The van der Waals surface area contributed by atoms with Crippen LogP contribution in [0.3, 0.4) is 0 Å². The summed E-state index contributed by atoms with van der Waals surface area (Å²) < 4.78 is 0. The molecule has 0 bridgehead atoms. The molecule has 16 heavy (non-hydrogen) atoms. The first-order valence-corrected chi connectivity index (χ1v) is 5.36. The van der Waals surface area contributed by atoms with E-state index in [9.17, 15) is 9.59 Å². The molecule has 0 spiro atoms. The first kappa shape index (κ1) is 10.7. The number of fused-ring (bicyclic) bond motifs is 1. The maximum atomic E-state index is 11.8. The standard InChI is InChI=1S/C12H14N2O2/c13-12(16)14-11(15)10-7-3-5-8-4-1-2-6-9(8)10/h1-2,4,6,10H,3,5,7H2,(H3,13,14,15,16). The maximum Gasteiger partial charge on any atom is 0.318 e. The molecule has 0 heterocycles. The van der Waals surface area contributed by atoms with Crippen LogP contribution in [0, 0.1) is 0 Å². The topological polar surface area (TPSA) is 72.2 Å². The summed E-state index contributed by atoms with van der Waals surface area (Å²) in [4.78, 5) is 22.4. The van der Waals surface area contributed by atoms with E-state index in [1.165, 1.54) is 5.56 Å². The zero-order valence-electron chi connectivity index (χ0n) is 8.90. The Kier molecular flexibility index (Phi) is 2.90. The van der Waals surface area contributed by atoms with Gasteiger partial charge in [-0.15, -0.1) is 0 Å². The lowest BCUT2D eigenvalue weighted by Gasteiger charge is -2.23. The maximum absolute atomic E-state index is 11.8. The molecule has 0 aliphatic heterocycles. The van der Waals surface area contributed by atoms with E-state index in [2.05, 4.69) is 5.32 Å². The van der Waals surface area contributed by atoms with Crippen molar-refractivity contribution in [3.63, 3.8) is 0 Å². The summed E-state index contributed by atoms with van der Waals surface area (Å²) in [6.07, 6.45) is 2.74. The summed E-state index contributed by atoms with van der Waals surface area (Å²) in [6.45, 7) is 0. The molecule has 0 saturated carbocycles. The van der Waals surface area contributed by atoms with Crippen LogP contribution in [0.15, 0.2) is 24.3 Å². The Balaban J connectivity index is 2.24. The van der Waals surface area contributed by atoms with Crippen molar-refractivity contribution >= 4 is 11.9 Å². The minimum absolute atomic E-state index is 0.238. The highest BCUT2D eigenvalue weighted by molar-refractivity contribution is 5.97. The molecule has 1 unspecified atom stereocenters. The highest BCUT2D eigenvalue weighted by Gasteiger charge is 2.26. The molecule has 0 fully saturated rings. The average molecular weight is 218 g/mol. The van der Waals surface area contributed by atoms with E-state index in [0.29, 0.717) is 0 Å². The van der Waals surface area contributed by atoms with Crippen molar-refractivity contribution in [3.8, 4) is 0 Å². The van der Waals surface area contributed by atoms with Crippen LogP contribution in [-0.4, -0.2) is 11.9 Å². The predicted octanol–water partition coefficient (Wildman–Crippen LogP) is 1.30. The van der Waals surface area contributed by atoms with Gasteiger partial charge >= 0.3 is 6.03 Å². The summed E-state index contributed by atoms with van der Waals surface area (Å²) in [6, 6.07) is 7.06. The fraction of sp³-hybridized carbons (Fsp3) is 0.333. The van der Waals surface area contributed by atoms with Crippen molar-refractivity contribution in [2.75, 3.05) is 0 Å². The molecule has 1 aromatic rings. The van der Waals surface area contributed by atoms with Gasteiger partial charge in [0.2, 0.25) is 5.91 Å². The third-order valence-corrected chi connectivity index (χ3v) is 2.93. The van der Waals surface area contributed by atoms with E-state index in [1.807, 2.05) is 24.3 Å². The van der Waals surface area contributed by atoms with Crippen LogP contribution in [0.25, 0.3) is 0 Å². The Morgan fingerprint density at radius 3 is 2.81 bits per heavy atom. The summed E-state index contributed by atoms with van der Waals surface area (Å²) in [7, 11) is 0. The highest BCUT2D eigenvalue weighted by Crippen LogP contribution is 2.31. The van der Waals surface area contributed by atoms with Crippen LogP contribution in [-0.2, 0) is 11.2 Å². The molecule has 1 aliphatic rings. The zero-order valence-corrected chi connectivity index (χ0v) is 8.90. The molecular weight excluding hydrogens is 204 g/mol. The van der Waals surface area contributed by atoms with E-state index in [1.54, 1.807) is 0 Å². The van der Waals surface area contributed by atoms with E-state index >= 15 is 0 Å². The lowest BCUT2D eigenvalue weighted by molar-refractivity contribution is -0.121. The van der Waals surface area contributed by atoms with E-state index in [-0.39, 0.29) is 11.8 Å². The summed E-state index contributed by atoms with van der Waals surface area (Å²) in [5, 5.41) is 2.15. The lowest BCUT2D eigenvalue weighted by atomic mass is 9.82. The Hall–Kier alpha value is -1.84. The summed E-state index contributed by atoms with van der Waals surface area (Å²) in [5.41, 5.74) is 7.16. The molecule has 1 aliphatic carbocycles. The van der Waals surface area contributed by atoms with Crippen molar-refractivity contribution in [1.29, 1.82) is 0 Å². The lowest BCUT2D eigenvalue weighted by Crippen LogP contribution is -2.39. The quantitative estimate of drug-likeness (QED) is 0.745. The number of nitrogens with one attached hydrogen (secondary N) is 1. The van der Waals surface area contributed by atoms with E-state index in [0.717, 1.165) is 24.8 Å². The number of urea groups is 1. The van der Waals surface area contributed by atoms with Crippen molar-refractivity contribution < 1.29 is 9.59 Å². The van der Waals surface area contributed by atoms with Gasteiger partial charge in [-0.25, -0.2) is 4.79 Å². The third kappa shape index (κ3) is 2.05. The molecule has 84 valence electrons. The monoisotopic (exact) mass is 218 g/mol. The predicted molar refractivity (Wildman–Crippen MR) is 59.8 cm³/mol. The number of hydrogen-bond acceptors (Lipinski definition) is 2. The molecule has 0 radical (unpaired) electrons. The first-order valence-electron chi connectivity index (χ1n) is 5.36. The minimum atomic E-state index is -0.784. The molecule has 4 nitrogen and oxygen atoms in total. The number of carbonyl (C=O) groups excluding carboxylic acids is 2. The van der Waals surface area contributed by atoms with Crippen LogP contribution < -0.4 is 11.1 Å². The normalized spacial score (nSPS) is 18.6. The van der Waals surface area contributed by atoms with E-state index in [4.69, 9.17) is 5.73 Å². The van der Waals surface area contributed by atoms with Crippen LogP contribution in [0.2, 0.25) is 0 Å². The van der Waals surface area contributed by atoms with Gasteiger partial charge in [0.15, 0.2) is 0 Å². The molecule has 3 amide bonds. The van der Waals surface area contributed by atoms with Crippen molar-refractivity contribution in [3.05, 3.63) is 35.4 Å². The van der Waals surface area contributed by atoms with Crippen LogP contribution in [0.4, 0.5) is 4.79 Å². The van der Waals surface area contributed by atoms with Gasteiger partial charge in [-0.1, -0.05) is 24.3 Å². The highest BCUT2D eigenvalue weighted by atomic mass is 16.2. The van der Waals surface area contributed by atoms with Gasteiger partial charge < -0.3 is 5.73 Å². The molecule has 1 aromatic carbocycles. The SMILES string of the molecule is NC(=O)NC(=O)C1CCCc2ccccc21. The second-order valence-electron chi connectivity index (χ2n) is 4.00. The Morgan fingerprint density at radius 2 is 2.06 bits per heavy atom. The average Bonchev–Trinajstić information content (AvgIpc) is 2.27. The molecule has 0 saturated heterocycles. The molecule has 1 atom stereocenters. The second-order valence-corrected chi connectivity index (χ2v) is 4.00. The molecule has 2 rings (SSSR count). The Morgan fingerprint density at radius 1 is 1.31 bits per heavy atom. The van der Waals surface area contributed by atoms with Crippen molar-refractivity contribution in [2.45, 2.75) is 25.2 Å². The molecule has 0 aromatic heterocycles. The minimum Gasteiger partial charge on any atom is -0.351 e. The number of hydrogen-bond donors (Lipinski definition) is 2. The van der Waals surface area contributed by atoms with Gasteiger partial charge in [0.25, 0.3) is 0 Å². The zero-order chi connectivity index (χ0) is 11.5. The molecule has 4 heteroatoms. The van der Waals surface area contributed by atoms with Gasteiger partial charge in [0.1, 0.15) is 0 Å². The summed E-state index contributed by atoms with van der Waals surface area (Å²) >= 11 is 0. The number of carbonyl (C=O) groups is 2. The van der Waals surface area contributed by atoms with Gasteiger partial charge in [0.05, 0.1) is 5.92 Å². The van der Waals surface area contributed by atoms with Crippen LogP contribution in [0.5, 0.6) is 0 Å². The van der Waals surface area contributed by atoms with Crippen LogP contribution in [0.1, 0.15) is 29.9 Å². The van der Waals surface area contributed by atoms with Gasteiger partial charge in [-0.2, -0.15) is 0 Å². The fourth-order valence-electron chi connectivity index (χ4n) is 2.23. The Labute approximate surface area is 93.8 Å². The number of amides is 3. The number of nitrogens with two attached hydrogens (primary N) is 1.